The molecule has 1 aromatic heterocycles. The number of aromatic nitrogens is 1. The number of likely N-dealkylation sites (N-methyl/N-ethyl adjacent to an activating group) is 1. The number of rotatable bonds is 9. The number of ether oxygens (including phenoxy) is 1. The van der Waals surface area contributed by atoms with Crippen molar-refractivity contribution < 1.29 is 9.53 Å². The van der Waals surface area contributed by atoms with Crippen LogP contribution in [0.5, 0.6) is 5.75 Å². The third kappa shape index (κ3) is 7.56. The molecule has 0 spiro atoms. The summed E-state index contributed by atoms with van der Waals surface area (Å²) in [6, 6.07) is 8.02. The second-order valence-electron chi connectivity index (χ2n) is 7.17. The highest BCUT2D eigenvalue weighted by Crippen LogP contribution is 2.17. The Morgan fingerprint density at radius 2 is 2.07 bits per heavy atom. The number of hydrogen-bond acceptors (Lipinski definition) is 5. The van der Waals surface area contributed by atoms with Gasteiger partial charge in [-0.05, 0) is 52.6 Å². The van der Waals surface area contributed by atoms with Gasteiger partial charge in [-0.15, -0.1) is 11.3 Å². The van der Waals surface area contributed by atoms with Gasteiger partial charge in [-0.3, -0.25) is 0 Å². The third-order valence-corrected chi connectivity index (χ3v) is 4.69. The Balaban J connectivity index is 1.95. The zero-order valence-electron chi connectivity index (χ0n) is 16.9. The quantitative estimate of drug-likeness (QED) is 0.712. The molecule has 0 aliphatic rings. The summed E-state index contributed by atoms with van der Waals surface area (Å²) in [4.78, 5) is 21.0. The molecule has 0 aliphatic carbocycles. The van der Waals surface area contributed by atoms with Crippen LogP contribution < -0.4 is 10.1 Å². The molecule has 148 valence electrons. The number of nitrogens with zero attached hydrogens (tertiary/aromatic N) is 3. The maximum atomic E-state index is 12.5. The van der Waals surface area contributed by atoms with E-state index < -0.39 is 0 Å². The molecule has 2 aromatic rings. The molecule has 2 amide bonds. The van der Waals surface area contributed by atoms with Gasteiger partial charge in [-0.25, -0.2) is 9.78 Å². The number of hydrogen-bond donors (Lipinski definition) is 1. The minimum absolute atomic E-state index is 0.0580. The Hall–Kier alpha value is -2.12. The van der Waals surface area contributed by atoms with Crippen LogP contribution in [0.15, 0.2) is 29.6 Å². The fraction of sp³-hybridized carbons (Fsp3) is 0.500. The molecule has 1 N–H and O–H groups in total. The van der Waals surface area contributed by atoms with Gasteiger partial charge >= 0.3 is 6.03 Å². The Morgan fingerprint density at radius 3 is 2.74 bits per heavy atom. The number of aryl methyl sites for hydroxylation is 1. The second-order valence-corrected chi connectivity index (χ2v) is 8.11. The molecule has 0 saturated heterocycles. The van der Waals surface area contributed by atoms with Crippen LogP contribution in [-0.4, -0.2) is 54.0 Å². The van der Waals surface area contributed by atoms with Crippen LogP contribution in [0.1, 0.15) is 30.1 Å². The summed E-state index contributed by atoms with van der Waals surface area (Å²) >= 11 is 1.56. The Kier molecular flexibility index (Phi) is 8.06. The standard InChI is InChI=1S/C20H30N4O2S/c1-15(2)21-20(25)24(10-9-23(4)5)12-17-14-27-19(22-17)13-26-18-8-6-7-16(3)11-18/h6-8,11,14-15H,9-10,12-13H2,1-5H3,(H,21,25). The van der Waals surface area contributed by atoms with Crippen molar-refractivity contribution in [2.24, 2.45) is 0 Å². The molecular formula is C20H30N4O2S. The van der Waals surface area contributed by atoms with E-state index in [4.69, 9.17) is 4.74 Å². The zero-order valence-corrected chi connectivity index (χ0v) is 17.7. The Labute approximate surface area is 166 Å². The number of carbonyl (C=O) groups excluding carboxylic acids is 1. The van der Waals surface area contributed by atoms with Crippen LogP contribution in [0.2, 0.25) is 0 Å². The van der Waals surface area contributed by atoms with Crippen molar-refractivity contribution in [3.63, 3.8) is 0 Å². The van der Waals surface area contributed by atoms with Gasteiger partial charge in [-0.2, -0.15) is 0 Å². The summed E-state index contributed by atoms with van der Waals surface area (Å²) in [7, 11) is 4.00. The molecule has 0 unspecified atom stereocenters. The fourth-order valence-corrected chi connectivity index (χ4v) is 3.14. The molecule has 6 nitrogen and oxygen atoms in total. The number of urea groups is 1. The second kappa shape index (κ2) is 10.3. The third-order valence-electron chi connectivity index (χ3n) is 3.82. The SMILES string of the molecule is Cc1cccc(OCc2nc(CN(CCN(C)C)C(=O)NC(C)C)cs2)c1. The van der Waals surface area contributed by atoms with Gasteiger partial charge in [0.15, 0.2) is 0 Å². The minimum Gasteiger partial charge on any atom is -0.486 e. The molecule has 0 aliphatic heterocycles. The van der Waals surface area contributed by atoms with E-state index in [-0.39, 0.29) is 12.1 Å². The summed E-state index contributed by atoms with van der Waals surface area (Å²) in [5.74, 6) is 0.843. The lowest BCUT2D eigenvalue weighted by Crippen LogP contribution is -2.45. The maximum absolute atomic E-state index is 12.5. The predicted molar refractivity (Wildman–Crippen MR) is 110 cm³/mol. The molecule has 0 radical (unpaired) electrons. The summed E-state index contributed by atoms with van der Waals surface area (Å²) in [6.45, 7) is 8.35. The van der Waals surface area contributed by atoms with Gasteiger partial charge in [0, 0.05) is 24.5 Å². The van der Waals surface area contributed by atoms with E-state index in [2.05, 4.69) is 15.2 Å². The van der Waals surface area contributed by atoms with Crippen LogP contribution in [0, 0.1) is 6.92 Å². The first-order valence-electron chi connectivity index (χ1n) is 9.16. The van der Waals surface area contributed by atoms with E-state index in [1.54, 1.807) is 16.2 Å². The number of nitrogens with one attached hydrogen (secondary N) is 1. The number of benzene rings is 1. The van der Waals surface area contributed by atoms with Gasteiger partial charge in [0.2, 0.25) is 0 Å². The predicted octanol–water partition coefficient (Wildman–Crippen LogP) is 3.51. The highest BCUT2D eigenvalue weighted by Gasteiger charge is 2.16. The normalized spacial score (nSPS) is 11.1. The van der Waals surface area contributed by atoms with Gasteiger partial charge in [0.05, 0.1) is 12.2 Å². The zero-order chi connectivity index (χ0) is 19.8. The van der Waals surface area contributed by atoms with Crippen molar-refractivity contribution in [3.05, 3.63) is 45.9 Å². The lowest BCUT2D eigenvalue weighted by molar-refractivity contribution is 0.185. The van der Waals surface area contributed by atoms with E-state index in [0.717, 1.165) is 23.0 Å². The molecule has 0 bridgehead atoms. The van der Waals surface area contributed by atoms with Crippen LogP contribution in [0.3, 0.4) is 0 Å². The van der Waals surface area contributed by atoms with E-state index in [1.807, 2.05) is 64.5 Å². The number of thiazole rings is 1. The van der Waals surface area contributed by atoms with Crippen molar-refractivity contribution in [1.29, 1.82) is 0 Å². The molecular weight excluding hydrogens is 360 g/mol. The molecule has 0 saturated carbocycles. The van der Waals surface area contributed by atoms with E-state index in [0.29, 0.717) is 19.7 Å². The monoisotopic (exact) mass is 390 g/mol. The van der Waals surface area contributed by atoms with Crippen molar-refractivity contribution in [2.45, 2.75) is 40.0 Å². The van der Waals surface area contributed by atoms with Crippen molar-refractivity contribution >= 4 is 17.4 Å². The molecule has 2 rings (SSSR count). The minimum atomic E-state index is -0.0580. The van der Waals surface area contributed by atoms with Crippen molar-refractivity contribution in [2.75, 3.05) is 27.2 Å². The van der Waals surface area contributed by atoms with Gasteiger partial charge < -0.3 is 19.9 Å². The number of carbonyl (C=O) groups is 1. The first-order valence-corrected chi connectivity index (χ1v) is 10.0. The van der Waals surface area contributed by atoms with Crippen LogP contribution in [-0.2, 0) is 13.2 Å². The van der Waals surface area contributed by atoms with E-state index >= 15 is 0 Å². The van der Waals surface area contributed by atoms with Crippen LogP contribution in [0.4, 0.5) is 4.79 Å². The average Bonchev–Trinajstić information content (AvgIpc) is 3.03. The smallest absolute Gasteiger partial charge is 0.317 e. The summed E-state index contributed by atoms with van der Waals surface area (Å²) in [5.41, 5.74) is 2.06. The molecule has 1 heterocycles. The van der Waals surface area contributed by atoms with Crippen molar-refractivity contribution in [3.8, 4) is 5.75 Å². The highest BCUT2D eigenvalue weighted by molar-refractivity contribution is 7.09. The van der Waals surface area contributed by atoms with Gasteiger partial charge in [0.1, 0.15) is 17.4 Å². The topological polar surface area (TPSA) is 57.7 Å². The average molecular weight is 391 g/mol. The molecule has 1 aromatic carbocycles. The van der Waals surface area contributed by atoms with E-state index in [9.17, 15) is 4.79 Å². The molecule has 27 heavy (non-hydrogen) atoms. The maximum Gasteiger partial charge on any atom is 0.317 e. The van der Waals surface area contributed by atoms with Crippen LogP contribution in [0.25, 0.3) is 0 Å². The highest BCUT2D eigenvalue weighted by atomic mass is 32.1. The van der Waals surface area contributed by atoms with Gasteiger partial charge in [0.25, 0.3) is 0 Å². The molecule has 7 heteroatoms. The van der Waals surface area contributed by atoms with E-state index in [1.165, 1.54) is 5.56 Å². The summed E-state index contributed by atoms with van der Waals surface area (Å²) in [6.07, 6.45) is 0. The van der Waals surface area contributed by atoms with Crippen LogP contribution >= 0.6 is 11.3 Å². The first kappa shape index (κ1) is 21.2. The van der Waals surface area contributed by atoms with Crippen molar-refractivity contribution in [1.82, 2.24) is 20.1 Å². The lowest BCUT2D eigenvalue weighted by atomic mass is 10.2. The fourth-order valence-electron chi connectivity index (χ4n) is 2.44. The summed E-state index contributed by atoms with van der Waals surface area (Å²) in [5, 5.41) is 5.87. The lowest BCUT2D eigenvalue weighted by Gasteiger charge is -2.25. The molecule has 0 atom stereocenters. The first-order chi connectivity index (χ1) is 12.8. The summed E-state index contributed by atoms with van der Waals surface area (Å²) < 4.78 is 5.82. The van der Waals surface area contributed by atoms with Gasteiger partial charge in [-0.1, -0.05) is 12.1 Å². The molecule has 0 fully saturated rings. The number of amides is 2. The largest absolute Gasteiger partial charge is 0.486 e. The Bertz CT molecular complexity index is 730. The Morgan fingerprint density at radius 1 is 1.30 bits per heavy atom.